The van der Waals surface area contributed by atoms with E-state index in [0.717, 1.165) is 24.2 Å². The van der Waals surface area contributed by atoms with Crippen molar-refractivity contribution in [3.05, 3.63) is 71.3 Å². The van der Waals surface area contributed by atoms with Gasteiger partial charge < -0.3 is 10.2 Å². The smallest absolute Gasteiger partial charge is 0.242 e. The van der Waals surface area contributed by atoms with Gasteiger partial charge in [-0.05, 0) is 37.8 Å². The number of nitrogens with zero attached hydrogens (tertiary/aromatic N) is 1. The van der Waals surface area contributed by atoms with E-state index in [-0.39, 0.29) is 17.9 Å². The minimum absolute atomic E-state index is 0.00516. The highest BCUT2D eigenvalue weighted by molar-refractivity contribution is 7.99. The molecule has 1 aliphatic rings. The number of aryl methyl sites for hydroxylation is 1. The van der Waals surface area contributed by atoms with Gasteiger partial charge in [0, 0.05) is 18.3 Å². The van der Waals surface area contributed by atoms with Gasteiger partial charge in [0.15, 0.2) is 0 Å². The van der Waals surface area contributed by atoms with Crippen molar-refractivity contribution in [1.29, 1.82) is 0 Å². The molecule has 5 heteroatoms. The molecule has 1 N–H and O–H groups in total. The number of nitrogens with one attached hydrogen (secondary N) is 1. The van der Waals surface area contributed by atoms with Crippen LogP contribution in [-0.4, -0.2) is 34.6 Å². The lowest BCUT2D eigenvalue weighted by Crippen LogP contribution is -2.50. The fraction of sp³-hybridized carbons (Fsp3) is 0.440. The summed E-state index contributed by atoms with van der Waals surface area (Å²) in [5, 5.41) is 3.15. The average Bonchev–Trinajstić information content (AvgIpc) is 3.25. The predicted octanol–water partition coefficient (Wildman–Crippen LogP) is 4.70. The summed E-state index contributed by atoms with van der Waals surface area (Å²) in [5.41, 5.74) is 3.48. The number of amides is 2. The fourth-order valence-corrected chi connectivity index (χ4v) is 4.75. The molecule has 0 saturated heterocycles. The van der Waals surface area contributed by atoms with Gasteiger partial charge >= 0.3 is 0 Å². The number of carbonyl (C=O) groups is 2. The van der Waals surface area contributed by atoms with E-state index in [1.807, 2.05) is 43.3 Å². The Morgan fingerprint density at radius 1 is 1.07 bits per heavy atom. The van der Waals surface area contributed by atoms with Gasteiger partial charge in [-0.15, -0.1) is 11.8 Å². The number of benzene rings is 2. The van der Waals surface area contributed by atoms with E-state index in [1.54, 1.807) is 16.7 Å². The van der Waals surface area contributed by atoms with Crippen molar-refractivity contribution in [3.63, 3.8) is 0 Å². The van der Waals surface area contributed by atoms with Gasteiger partial charge in [0.2, 0.25) is 11.8 Å². The van der Waals surface area contributed by atoms with Crippen molar-refractivity contribution in [3.8, 4) is 0 Å². The third-order valence-corrected chi connectivity index (χ3v) is 6.63. The Kier molecular flexibility index (Phi) is 8.38. The Bertz CT molecular complexity index is 834. The Balaban J connectivity index is 1.63. The van der Waals surface area contributed by atoms with Gasteiger partial charge in [-0.3, -0.25) is 9.59 Å². The Labute approximate surface area is 184 Å². The molecule has 3 rings (SSSR count). The van der Waals surface area contributed by atoms with Crippen LogP contribution >= 0.6 is 11.8 Å². The van der Waals surface area contributed by atoms with Gasteiger partial charge in [-0.1, -0.05) is 73.0 Å². The zero-order valence-electron chi connectivity index (χ0n) is 18.0. The van der Waals surface area contributed by atoms with Crippen LogP contribution in [0.1, 0.15) is 49.3 Å². The van der Waals surface area contributed by atoms with Crippen LogP contribution in [0.5, 0.6) is 0 Å². The maximum atomic E-state index is 13.1. The Morgan fingerprint density at radius 3 is 2.47 bits per heavy atom. The molecule has 0 radical (unpaired) electrons. The van der Waals surface area contributed by atoms with Crippen LogP contribution in [-0.2, 0) is 21.9 Å². The van der Waals surface area contributed by atoms with Crippen molar-refractivity contribution < 1.29 is 9.59 Å². The molecule has 0 spiro atoms. The second-order valence-corrected chi connectivity index (χ2v) is 9.14. The van der Waals surface area contributed by atoms with E-state index in [9.17, 15) is 9.59 Å². The van der Waals surface area contributed by atoms with E-state index in [2.05, 4.69) is 30.4 Å². The molecule has 0 aliphatic heterocycles. The Hall–Kier alpha value is -2.27. The molecular formula is C25H32N2O2S. The number of hydrogen-bond acceptors (Lipinski definition) is 3. The SMILES string of the molecule is Cc1cccc(CSCC(=O)N(Cc2ccccc2)C(C)C(=O)NC2CCCC2)c1. The molecule has 0 heterocycles. The highest BCUT2D eigenvalue weighted by Crippen LogP contribution is 2.19. The van der Waals surface area contributed by atoms with Gasteiger partial charge in [-0.25, -0.2) is 0 Å². The van der Waals surface area contributed by atoms with Crippen LogP contribution in [0.3, 0.4) is 0 Å². The molecule has 2 aromatic carbocycles. The number of carbonyl (C=O) groups excluding carboxylic acids is 2. The topological polar surface area (TPSA) is 49.4 Å². The molecule has 4 nitrogen and oxygen atoms in total. The van der Waals surface area contributed by atoms with Crippen LogP contribution in [0, 0.1) is 6.92 Å². The molecule has 1 unspecified atom stereocenters. The van der Waals surface area contributed by atoms with Crippen LogP contribution in [0.4, 0.5) is 0 Å². The summed E-state index contributed by atoms with van der Waals surface area (Å²) in [6.45, 7) is 4.37. The molecule has 1 aliphatic carbocycles. The summed E-state index contributed by atoms with van der Waals surface area (Å²) in [4.78, 5) is 27.7. The quantitative estimate of drug-likeness (QED) is 0.634. The lowest BCUT2D eigenvalue weighted by molar-refractivity contribution is -0.138. The summed E-state index contributed by atoms with van der Waals surface area (Å²) in [6, 6.07) is 18.0. The minimum Gasteiger partial charge on any atom is -0.352 e. The highest BCUT2D eigenvalue weighted by atomic mass is 32.2. The standard InChI is InChI=1S/C25H32N2O2S/c1-19-9-8-12-22(15-19)17-30-18-24(28)27(16-21-10-4-3-5-11-21)20(2)25(29)26-23-13-6-7-14-23/h3-5,8-12,15,20,23H,6-7,13-14,16-18H2,1-2H3,(H,26,29). The second-order valence-electron chi connectivity index (χ2n) is 8.16. The maximum absolute atomic E-state index is 13.1. The van der Waals surface area contributed by atoms with Crippen molar-refractivity contribution in [2.75, 3.05) is 5.75 Å². The van der Waals surface area contributed by atoms with Crippen LogP contribution in [0.15, 0.2) is 54.6 Å². The molecular weight excluding hydrogens is 392 g/mol. The fourth-order valence-electron chi connectivity index (χ4n) is 3.90. The van der Waals surface area contributed by atoms with Crippen molar-refractivity contribution in [1.82, 2.24) is 10.2 Å². The van der Waals surface area contributed by atoms with E-state index >= 15 is 0 Å². The summed E-state index contributed by atoms with van der Waals surface area (Å²) >= 11 is 1.60. The van der Waals surface area contributed by atoms with E-state index in [1.165, 1.54) is 24.0 Å². The molecule has 1 saturated carbocycles. The van der Waals surface area contributed by atoms with E-state index < -0.39 is 6.04 Å². The number of rotatable bonds is 9. The summed E-state index contributed by atoms with van der Waals surface area (Å²) in [7, 11) is 0. The van der Waals surface area contributed by atoms with Crippen LogP contribution < -0.4 is 5.32 Å². The van der Waals surface area contributed by atoms with Crippen molar-refractivity contribution in [2.45, 2.75) is 63.9 Å². The molecule has 2 amide bonds. The lowest BCUT2D eigenvalue weighted by atomic mass is 10.1. The molecule has 160 valence electrons. The molecule has 1 fully saturated rings. The molecule has 30 heavy (non-hydrogen) atoms. The normalized spacial score (nSPS) is 15.0. The second kappa shape index (κ2) is 11.2. The average molecular weight is 425 g/mol. The number of thioether (sulfide) groups is 1. The summed E-state index contributed by atoms with van der Waals surface area (Å²) < 4.78 is 0. The van der Waals surface area contributed by atoms with Crippen LogP contribution in [0.25, 0.3) is 0 Å². The maximum Gasteiger partial charge on any atom is 0.242 e. The minimum atomic E-state index is -0.488. The van der Waals surface area contributed by atoms with Crippen molar-refractivity contribution >= 4 is 23.6 Å². The van der Waals surface area contributed by atoms with Crippen molar-refractivity contribution in [2.24, 2.45) is 0 Å². The first kappa shape index (κ1) is 22.4. The third kappa shape index (κ3) is 6.63. The highest BCUT2D eigenvalue weighted by Gasteiger charge is 2.28. The zero-order valence-corrected chi connectivity index (χ0v) is 18.8. The van der Waals surface area contributed by atoms with Gasteiger partial charge in [0.05, 0.1) is 5.75 Å². The number of hydrogen-bond donors (Lipinski definition) is 1. The summed E-state index contributed by atoms with van der Waals surface area (Å²) in [6.07, 6.45) is 4.41. The molecule has 2 aromatic rings. The summed E-state index contributed by atoms with van der Waals surface area (Å²) in [5.74, 6) is 1.11. The molecule has 0 bridgehead atoms. The predicted molar refractivity (Wildman–Crippen MR) is 124 cm³/mol. The van der Waals surface area contributed by atoms with Crippen LogP contribution in [0.2, 0.25) is 0 Å². The first-order chi connectivity index (χ1) is 14.5. The first-order valence-electron chi connectivity index (χ1n) is 10.8. The first-order valence-corrected chi connectivity index (χ1v) is 12.0. The lowest BCUT2D eigenvalue weighted by Gasteiger charge is -2.29. The largest absolute Gasteiger partial charge is 0.352 e. The van der Waals surface area contributed by atoms with Gasteiger partial charge in [-0.2, -0.15) is 0 Å². The van der Waals surface area contributed by atoms with Gasteiger partial charge in [0.1, 0.15) is 6.04 Å². The monoisotopic (exact) mass is 424 g/mol. The van der Waals surface area contributed by atoms with E-state index in [4.69, 9.17) is 0 Å². The molecule has 0 aromatic heterocycles. The Morgan fingerprint density at radius 2 is 1.77 bits per heavy atom. The van der Waals surface area contributed by atoms with E-state index in [0.29, 0.717) is 12.3 Å². The van der Waals surface area contributed by atoms with Gasteiger partial charge in [0.25, 0.3) is 0 Å². The zero-order chi connectivity index (χ0) is 21.3. The third-order valence-electron chi connectivity index (χ3n) is 5.64. The molecule has 1 atom stereocenters.